The summed E-state index contributed by atoms with van der Waals surface area (Å²) in [6.07, 6.45) is 1.02. The Hall–Kier alpha value is -1.08. The van der Waals surface area contributed by atoms with Crippen molar-refractivity contribution < 1.29 is 18.3 Å². The number of hydrogen-bond donors (Lipinski definition) is 2. The minimum atomic E-state index is -3.34. The van der Waals surface area contributed by atoms with Crippen LogP contribution in [0.4, 0.5) is 5.00 Å². The van der Waals surface area contributed by atoms with Crippen molar-refractivity contribution in [1.82, 2.24) is 0 Å². The second-order valence-electron chi connectivity index (χ2n) is 2.80. The fourth-order valence-corrected chi connectivity index (χ4v) is 2.74. The number of anilines is 1. The van der Waals surface area contributed by atoms with E-state index in [0.717, 1.165) is 17.6 Å². The Kier molecular flexibility index (Phi) is 2.81. The molecule has 2 N–H and O–H groups in total. The van der Waals surface area contributed by atoms with E-state index in [2.05, 4.69) is 4.72 Å². The van der Waals surface area contributed by atoms with Gasteiger partial charge in [-0.15, -0.1) is 11.3 Å². The number of carboxylic acids is 1. The van der Waals surface area contributed by atoms with Crippen LogP contribution >= 0.6 is 11.3 Å². The first-order valence-corrected chi connectivity index (χ1v) is 6.32. The lowest BCUT2D eigenvalue weighted by Gasteiger charge is -1.97. The van der Waals surface area contributed by atoms with Crippen molar-refractivity contribution in [2.75, 3.05) is 11.0 Å². The SMILES string of the molecule is Cc1cc(NS(C)(=O)=O)sc1C(=O)O. The van der Waals surface area contributed by atoms with E-state index in [1.54, 1.807) is 6.92 Å². The summed E-state index contributed by atoms with van der Waals surface area (Å²) in [6, 6.07) is 1.50. The molecule has 0 radical (unpaired) electrons. The van der Waals surface area contributed by atoms with Crippen LogP contribution in [0.2, 0.25) is 0 Å². The molecule has 0 atom stereocenters. The van der Waals surface area contributed by atoms with Gasteiger partial charge >= 0.3 is 5.97 Å². The zero-order valence-electron chi connectivity index (χ0n) is 7.57. The summed E-state index contributed by atoms with van der Waals surface area (Å²) in [7, 11) is -3.34. The smallest absolute Gasteiger partial charge is 0.346 e. The van der Waals surface area contributed by atoms with Gasteiger partial charge in [-0.05, 0) is 18.6 Å². The molecule has 14 heavy (non-hydrogen) atoms. The number of thiophene rings is 1. The van der Waals surface area contributed by atoms with Gasteiger partial charge in [0.2, 0.25) is 10.0 Å². The third-order valence-electron chi connectivity index (χ3n) is 1.40. The Bertz CT molecular complexity index is 460. The number of nitrogens with one attached hydrogen (secondary N) is 1. The van der Waals surface area contributed by atoms with Crippen LogP contribution in [-0.2, 0) is 10.0 Å². The minimum absolute atomic E-state index is 0.149. The number of hydrogen-bond acceptors (Lipinski definition) is 4. The summed E-state index contributed by atoms with van der Waals surface area (Å²) < 4.78 is 23.9. The molecule has 0 amide bonds. The summed E-state index contributed by atoms with van der Waals surface area (Å²) >= 11 is 0.905. The number of aromatic carboxylic acids is 1. The molecule has 0 bridgehead atoms. The molecule has 1 aromatic heterocycles. The molecular formula is C7H9NO4S2. The summed E-state index contributed by atoms with van der Waals surface area (Å²) in [5.41, 5.74) is 0.550. The number of rotatable bonds is 3. The predicted molar refractivity (Wildman–Crippen MR) is 54.5 cm³/mol. The Labute approximate surface area is 85.4 Å². The maximum absolute atomic E-state index is 10.8. The highest BCUT2D eigenvalue weighted by Crippen LogP contribution is 2.26. The molecule has 0 fully saturated rings. The summed E-state index contributed by atoms with van der Waals surface area (Å²) in [4.78, 5) is 10.8. The molecule has 0 aliphatic carbocycles. The Morgan fingerprint density at radius 2 is 2.14 bits per heavy atom. The van der Waals surface area contributed by atoms with E-state index in [1.165, 1.54) is 6.07 Å². The molecule has 1 aromatic rings. The molecular weight excluding hydrogens is 226 g/mol. The zero-order valence-corrected chi connectivity index (χ0v) is 9.20. The van der Waals surface area contributed by atoms with Gasteiger partial charge in [-0.1, -0.05) is 0 Å². The normalized spacial score (nSPS) is 11.3. The molecule has 0 aromatic carbocycles. The fraction of sp³-hybridized carbons (Fsp3) is 0.286. The van der Waals surface area contributed by atoms with Gasteiger partial charge in [0, 0.05) is 0 Å². The van der Waals surface area contributed by atoms with Crippen LogP contribution < -0.4 is 4.72 Å². The van der Waals surface area contributed by atoms with Crippen molar-refractivity contribution >= 4 is 32.3 Å². The van der Waals surface area contributed by atoms with Crippen LogP contribution in [0.25, 0.3) is 0 Å². The quantitative estimate of drug-likeness (QED) is 0.822. The maximum Gasteiger partial charge on any atom is 0.346 e. The van der Waals surface area contributed by atoms with Crippen molar-refractivity contribution in [2.45, 2.75) is 6.92 Å². The largest absolute Gasteiger partial charge is 0.477 e. The predicted octanol–water partition coefficient (Wildman–Crippen LogP) is 1.13. The van der Waals surface area contributed by atoms with E-state index >= 15 is 0 Å². The molecule has 0 spiro atoms. The van der Waals surface area contributed by atoms with Crippen molar-refractivity contribution in [3.63, 3.8) is 0 Å². The molecule has 0 saturated carbocycles. The number of carboxylic acid groups (broad SMARTS) is 1. The highest BCUT2D eigenvalue weighted by Gasteiger charge is 2.13. The van der Waals surface area contributed by atoms with E-state index in [0.29, 0.717) is 10.6 Å². The topological polar surface area (TPSA) is 83.5 Å². The van der Waals surface area contributed by atoms with Crippen molar-refractivity contribution in [3.05, 3.63) is 16.5 Å². The Balaban J connectivity index is 3.04. The van der Waals surface area contributed by atoms with Crippen molar-refractivity contribution in [3.8, 4) is 0 Å². The lowest BCUT2D eigenvalue weighted by atomic mass is 10.3. The number of carbonyl (C=O) groups is 1. The molecule has 0 saturated heterocycles. The maximum atomic E-state index is 10.8. The molecule has 0 aliphatic heterocycles. The van der Waals surface area contributed by atoms with E-state index < -0.39 is 16.0 Å². The molecule has 78 valence electrons. The second kappa shape index (κ2) is 3.58. The molecule has 0 aliphatic rings. The lowest BCUT2D eigenvalue weighted by Crippen LogP contribution is -2.07. The van der Waals surface area contributed by atoms with E-state index in [4.69, 9.17) is 5.11 Å². The van der Waals surface area contributed by atoms with Crippen LogP contribution in [0, 0.1) is 6.92 Å². The fourth-order valence-electron chi connectivity index (χ4n) is 0.927. The standard InChI is InChI=1S/C7H9NO4S2/c1-4-3-5(8-14(2,11)12)13-6(4)7(9)10/h3,8H,1-2H3,(H,9,10). The summed E-state index contributed by atoms with van der Waals surface area (Å²) in [5.74, 6) is -1.05. The highest BCUT2D eigenvalue weighted by atomic mass is 32.2. The van der Waals surface area contributed by atoms with Gasteiger partial charge in [0.25, 0.3) is 0 Å². The first-order chi connectivity index (χ1) is 6.29. The Morgan fingerprint density at radius 3 is 2.50 bits per heavy atom. The highest BCUT2D eigenvalue weighted by molar-refractivity contribution is 7.92. The first-order valence-electron chi connectivity index (χ1n) is 3.61. The summed E-state index contributed by atoms with van der Waals surface area (Å²) in [5, 5.41) is 9.03. The van der Waals surface area contributed by atoms with Gasteiger partial charge in [-0.2, -0.15) is 0 Å². The zero-order chi connectivity index (χ0) is 10.9. The van der Waals surface area contributed by atoms with Gasteiger partial charge in [-0.3, -0.25) is 4.72 Å². The monoisotopic (exact) mass is 235 g/mol. The van der Waals surface area contributed by atoms with Crippen LogP contribution in [0.5, 0.6) is 0 Å². The number of sulfonamides is 1. The van der Waals surface area contributed by atoms with Gasteiger partial charge in [-0.25, -0.2) is 13.2 Å². The van der Waals surface area contributed by atoms with Crippen LogP contribution in [-0.4, -0.2) is 25.7 Å². The molecule has 7 heteroatoms. The van der Waals surface area contributed by atoms with Crippen LogP contribution in [0.15, 0.2) is 6.07 Å². The van der Waals surface area contributed by atoms with E-state index in [9.17, 15) is 13.2 Å². The third kappa shape index (κ3) is 2.71. The average Bonchev–Trinajstić information content (AvgIpc) is 2.26. The number of aryl methyl sites for hydroxylation is 1. The van der Waals surface area contributed by atoms with Crippen molar-refractivity contribution in [2.24, 2.45) is 0 Å². The van der Waals surface area contributed by atoms with E-state index in [1.807, 2.05) is 0 Å². The molecule has 1 rings (SSSR count). The first kappa shape index (κ1) is 11.0. The van der Waals surface area contributed by atoms with Crippen LogP contribution in [0.3, 0.4) is 0 Å². The van der Waals surface area contributed by atoms with Gasteiger partial charge in [0.15, 0.2) is 0 Å². The van der Waals surface area contributed by atoms with Crippen molar-refractivity contribution in [1.29, 1.82) is 0 Å². The minimum Gasteiger partial charge on any atom is -0.477 e. The lowest BCUT2D eigenvalue weighted by molar-refractivity contribution is 0.0701. The molecule has 0 unspecified atom stereocenters. The van der Waals surface area contributed by atoms with Gasteiger partial charge in [0.05, 0.1) is 6.26 Å². The third-order valence-corrected chi connectivity index (χ3v) is 3.26. The average molecular weight is 235 g/mol. The molecule has 1 heterocycles. The molecule has 5 nitrogen and oxygen atoms in total. The Morgan fingerprint density at radius 1 is 1.57 bits per heavy atom. The van der Waals surface area contributed by atoms with Gasteiger partial charge in [0.1, 0.15) is 9.88 Å². The van der Waals surface area contributed by atoms with Crippen LogP contribution in [0.1, 0.15) is 15.2 Å². The summed E-state index contributed by atoms with van der Waals surface area (Å²) in [6.45, 7) is 1.62. The second-order valence-corrected chi connectivity index (χ2v) is 5.60. The van der Waals surface area contributed by atoms with Gasteiger partial charge < -0.3 is 5.11 Å². The van der Waals surface area contributed by atoms with E-state index in [-0.39, 0.29) is 4.88 Å².